The SMILES string of the molecule is CC(CCC1(O)OC2CC3C4CCC5CC(OC6OC(CO)C(OC7OC(CO)C(OC8OCC(O)C(O)C8O)C(O)C7O)C(OC7OC(CO)C(O)C(O)C7O)C6O)CCC5(C)C4CCC3(C)C2C1C)COC1OC(CO)C(O)C(O)C1O. The van der Waals surface area contributed by atoms with Crippen LogP contribution < -0.4 is 0 Å². The topological polar surface area (TPSA) is 445 Å². The summed E-state index contributed by atoms with van der Waals surface area (Å²) in [4.78, 5) is 0. The number of fused-ring (bicyclic) bond motifs is 7. The highest BCUT2D eigenvalue weighted by Gasteiger charge is 2.69. The molecule has 36 atom stereocenters. The van der Waals surface area contributed by atoms with Crippen LogP contribution in [0.1, 0.15) is 91.9 Å². The van der Waals surface area contributed by atoms with E-state index in [4.69, 9.17) is 52.1 Å². The zero-order chi connectivity index (χ0) is 60.6. The van der Waals surface area contributed by atoms with Gasteiger partial charge in [0, 0.05) is 12.3 Å². The van der Waals surface area contributed by atoms with E-state index in [9.17, 15) is 86.8 Å². The third-order valence-electron chi connectivity index (χ3n) is 21.8. The van der Waals surface area contributed by atoms with Crippen molar-refractivity contribution >= 4 is 0 Å². The van der Waals surface area contributed by atoms with Gasteiger partial charge in [0.15, 0.2) is 37.2 Å². The van der Waals surface area contributed by atoms with Crippen molar-refractivity contribution in [3.05, 3.63) is 0 Å². The maximum Gasteiger partial charge on any atom is 0.187 e. The van der Waals surface area contributed by atoms with Gasteiger partial charge >= 0.3 is 0 Å². The Morgan fingerprint density at radius 1 is 0.512 bits per heavy atom. The normalized spacial score (nSPS) is 55.4. The average Bonchev–Trinajstić information content (AvgIpc) is 1.64. The maximum absolute atomic E-state index is 12.3. The number of hydrogen-bond acceptors (Lipinski definition) is 28. The Kier molecular flexibility index (Phi) is 20.6. The van der Waals surface area contributed by atoms with Crippen LogP contribution in [0.3, 0.4) is 0 Å². The zero-order valence-corrected chi connectivity index (χ0v) is 48.0. The second-order valence-corrected chi connectivity index (χ2v) is 26.6. The molecule has 28 heteroatoms. The number of aliphatic hydroxyl groups is 17. The second kappa shape index (κ2) is 26.2. The van der Waals surface area contributed by atoms with Crippen LogP contribution in [0.4, 0.5) is 0 Å². The van der Waals surface area contributed by atoms with Crippen LogP contribution in [0, 0.1) is 52.3 Å². The van der Waals surface area contributed by atoms with E-state index in [1.54, 1.807) is 0 Å². The monoisotopic (exact) mass is 1210 g/mol. The van der Waals surface area contributed by atoms with Gasteiger partial charge in [0.05, 0.1) is 51.8 Å². The molecule has 28 nitrogen and oxygen atoms in total. The van der Waals surface area contributed by atoms with Crippen molar-refractivity contribution in [2.45, 2.75) is 257 Å². The van der Waals surface area contributed by atoms with Gasteiger partial charge in [0.1, 0.15) is 116 Å². The number of hydrogen-bond donors (Lipinski definition) is 17. The highest BCUT2D eigenvalue weighted by Crippen LogP contribution is 2.71. The van der Waals surface area contributed by atoms with Crippen molar-refractivity contribution in [1.29, 1.82) is 0 Å². The third-order valence-corrected chi connectivity index (χ3v) is 21.8. The van der Waals surface area contributed by atoms with Crippen molar-refractivity contribution in [3.8, 4) is 0 Å². The Bertz CT molecular complexity index is 2140. The molecule has 0 radical (unpaired) electrons. The second-order valence-electron chi connectivity index (χ2n) is 26.6. The van der Waals surface area contributed by atoms with Gasteiger partial charge in [0.25, 0.3) is 0 Å². The van der Waals surface area contributed by atoms with E-state index in [1.165, 1.54) is 0 Å². The lowest BCUT2D eigenvalue weighted by Crippen LogP contribution is -2.68. The molecule has 0 bridgehead atoms. The lowest BCUT2D eigenvalue weighted by molar-refractivity contribution is -0.396. The van der Waals surface area contributed by atoms with Crippen molar-refractivity contribution in [2.75, 3.05) is 39.6 Å². The van der Waals surface area contributed by atoms with Crippen LogP contribution in [-0.4, -0.2) is 292 Å². The summed E-state index contributed by atoms with van der Waals surface area (Å²) in [5.74, 6) is -0.0679. The summed E-state index contributed by atoms with van der Waals surface area (Å²) in [6.45, 7) is 5.39. The van der Waals surface area contributed by atoms with Gasteiger partial charge in [-0.1, -0.05) is 27.7 Å². The van der Waals surface area contributed by atoms with E-state index < -0.39 is 192 Å². The summed E-state index contributed by atoms with van der Waals surface area (Å²) < 4.78 is 65.8. The van der Waals surface area contributed by atoms with Crippen LogP contribution in [-0.2, 0) is 52.1 Å². The molecular formula is C56H94O28. The molecule has 0 spiro atoms. The van der Waals surface area contributed by atoms with Gasteiger partial charge < -0.3 is 139 Å². The first-order chi connectivity index (χ1) is 39.8. The van der Waals surface area contributed by atoms with Gasteiger partial charge in [-0.2, -0.15) is 0 Å². The van der Waals surface area contributed by atoms with Gasteiger partial charge in [-0.25, -0.2) is 0 Å². The Balaban J connectivity index is 0.778. The van der Waals surface area contributed by atoms with E-state index in [1.807, 2.05) is 6.92 Å². The molecule has 84 heavy (non-hydrogen) atoms. The summed E-state index contributed by atoms with van der Waals surface area (Å²) in [6.07, 6.45) is -32.7. The quantitative estimate of drug-likeness (QED) is 0.0569. The minimum absolute atomic E-state index is 0.0644. The molecule has 6 aliphatic heterocycles. The van der Waals surface area contributed by atoms with Crippen LogP contribution >= 0.6 is 0 Å². The van der Waals surface area contributed by atoms with Gasteiger partial charge in [-0.05, 0) is 104 Å². The summed E-state index contributed by atoms with van der Waals surface area (Å²) in [5.41, 5.74) is -0.139. The minimum Gasteiger partial charge on any atom is -0.394 e. The van der Waals surface area contributed by atoms with Crippen LogP contribution in [0.15, 0.2) is 0 Å². The molecule has 4 saturated carbocycles. The zero-order valence-electron chi connectivity index (χ0n) is 48.0. The summed E-state index contributed by atoms with van der Waals surface area (Å²) in [5, 5.41) is 182. The highest BCUT2D eigenvalue weighted by atomic mass is 16.8. The third kappa shape index (κ3) is 12.1. The van der Waals surface area contributed by atoms with Crippen molar-refractivity contribution in [1.82, 2.24) is 0 Å². The fourth-order valence-corrected chi connectivity index (χ4v) is 16.9. The van der Waals surface area contributed by atoms with Crippen LogP contribution in [0.5, 0.6) is 0 Å². The first-order valence-electron chi connectivity index (χ1n) is 30.3. The molecule has 0 aromatic carbocycles. The molecule has 0 amide bonds. The van der Waals surface area contributed by atoms with E-state index in [0.29, 0.717) is 43.4 Å². The highest BCUT2D eigenvalue weighted by molar-refractivity contribution is 5.15. The summed E-state index contributed by atoms with van der Waals surface area (Å²) in [7, 11) is 0. The lowest BCUT2D eigenvalue weighted by Gasteiger charge is -2.61. The molecule has 486 valence electrons. The molecule has 6 saturated heterocycles. The van der Waals surface area contributed by atoms with E-state index in [2.05, 4.69) is 20.8 Å². The standard InChI is InChI=1S/C56H94O28/c1-21(19-74-49-42(69)38(65)36(63)30(15-57)77-49)7-12-56(73)22(2)34-29(84-56)14-27-25-6-5-23-13-24(8-10-54(23,3)26(25)9-11-55(27,34)4)76-53-45(72)48(83-51-43(70)39(66)37(64)31(16-58)78-51)47(33(18-60)80-53)82-52-44(71)40(67)46(32(17-59)79-52)81-50-41(68)35(62)28(61)20-75-50/h21-53,57-73H,5-20H2,1-4H3. The van der Waals surface area contributed by atoms with Crippen LogP contribution in [0.2, 0.25) is 0 Å². The first-order valence-corrected chi connectivity index (χ1v) is 30.3. The minimum atomic E-state index is -2.03. The largest absolute Gasteiger partial charge is 0.394 e. The molecule has 0 aromatic rings. The molecule has 6 heterocycles. The van der Waals surface area contributed by atoms with Gasteiger partial charge in [0.2, 0.25) is 0 Å². The number of rotatable bonds is 18. The van der Waals surface area contributed by atoms with E-state index >= 15 is 0 Å². The fourth-order valence-electron chi connectivity index (χ4n) is 16.9. The molecule has 4 aliphatic carbocycles. The number of ether oxygens (including phenoxy) is 11. The van der Waals surface area contributed by atoms with Gasteiger partial charge in [-0.3, -0.25) is 0 Å². The fraction of sp³-hybridized carbons (Fsp3) is 1.00. The molecule has 10 fully saturated rings. The predicted molar refractivity (Wildman–Crippen MR) is 278 cm³/mol. The smallest absolute Gasteiger partial charge is 0.187 e. The Labute approximate surface area is 487 Å². The summed E-state index contributed by atoms with van der Waals surface area (Å²) in [6, 6.07) is 0. The first kappa shape index (κ1) is 65.8. The average molecular weight is 1220 g/mol. The summed E-state index contributed by atoms with van der Waals surface area (Å²) >= 11 is 0. The predicted octanol–water partition coefficient (Wildman–Crippen LogP) is -5.49. The van der Waals surface area contributed by atoms with Crippen LogP contribution in [0.25, 0.3) is 0 Å². The molecule has 17 N–H and O–H groups in total. The molecular weight excluding hydrogens is 1120 g/mol. The lowest BCUT2D eigenvalue weighted by atomic mass is 9.44. The molecule has 10 aliphatic rings. The van der Waals surface area contributed by atoms with Gasteiger partial charge in [-0.15, -0.1) is 0 Å². The Morgan fingerprint density at radius 2 is 1.05 bits per heavy atom. The molecule has 0 aromatic heterocycles. The van der Waals surface area contributed by atoms with E-state index in [-0.39, 0.29) is 47.2 Å². The van der Waals surface area contributed by atoms with Crippen molar-refractivity contribution in [2.24, 2.45) is 52.3 Å². The maximum atomic E-state index is 12.3. The molecule has 36 unspecified atom stereocenters. The number of aliphatic hydroxyl groups excluding tert-OH is 16. The molecule has 10 rings (SSSR count). The Morgan fingerprint density at radius 3 is 1.69 bits per heavy atom. The van der Waals surface area contributed by atoms with Crippen molar-refractivity contribution < 1.29 is 139 Å². The van der Waals surface area contributed by atoms with E-state index in [0.717, 1.165) is 38.5 Å². The van der Waals surface area contributed by atoms with Crippen molar-refractivity contribution in [3.63, 3.8) is 0 Å². The Hall–Kier alpha value is -1.12.